The Bertz CT molecular complexity index is 546. The van der Waals surface area contributed by atoms with Gasteiger partial charge in [0.25, 0.3) is 0 Å². The zero-order valence-electron chi connectivity index (χ0n) is 9.07. The lowest BCUT2D eigenvalue weighted by molar-refractivity contribution is 0.101. The molecule has 0 saturated carbocycles. The van der Waals surface area contributed by atoms with Gasteiger partial charge in [0.1, 0.15) is 0 Å². The highest BCUT2D eigenvalue weighted by Crippen LogP contribution is 2.20. The van der Waals surface area contributed by atoms with Gasteiger partial charge < -0.3 is 0 Å². The molecular weight excluding hydrogens is 224 g/mol. The predicted octanol–water partition coefficient (Wildman–Crippen LogP) is 3.04. The molecule has 0 unspecified atom stereocenters. The maximum atomic E-state index is 11.2. The predicted molar refractivity (Wildman–Crippen MR) is 63.3 cm³/mol. The molecule has 0 radical (unpaired) electrons. The molecule has 16 heavy (non-hydrogen) atoms. The number of aryl methyl sites for hydroxylation is 1. The molecule has 1 heterocycles. The average Bonchev–Trinajstić information content (AvgIpc) is 2.64. The Morgan fingerprint density at radius 2 is 2.19 bits per heavy atom. The zero-order chi connectivity index (χ0) is 11.7. The van der Waals surface area contributed by atoms with Crippen molar-refractivity contribution in [2.45, 2.75) is 13.8 Å². The molecule has 0 aliphatic rings. The van der Waals surface area contributed by atoms with Gasteiger partial charge in [-0.3, -0.25) is 4.79 Å². The van der Waals surface area contributed by atoms with Crippen molar-refractivity contribution in [3.05, 3.63) is 46.7 Å². The molecule has 0 N–H and O–H groups in total. The third kappa shape index (κ3) is 1.99. The van der Waals surface area contributed by atoms with E-state index in [1.165, 1.54) is 6.92 Å². The smallest absolute Gasteiger partial charge is 0.161 e. The van der Waals surface area contributed by atoms with Gasteiger partial charge in [-0.25, -0.2) is 4.68 Å². The first-order chi connectivity index (χ1) is 7.58. The number of carbonyl (C=O) groups is 1. The van der Waals surface area contributed by atoms with Crippen molar-refractivity contribution >= 4 is 17.4 Å². The summed E-state index contributed by atoms with van der Waals surface area (Å²) < 4.78 is 1.73. The van der Waals surface area contributed by atoms with Crippen molar-refractivity contribution in [2.75, 3.05) is 0 Å². The minimum Gasteiger partial charge on any atom is -0.294 e. The van der Waals surface area contributed by atoms with Crippen LogP contribution < -0.4 is 0 Å². The van der Waals surface area contributed by atoms with Crippen LogP contribution in [0, 0.1) is 6.92 Å². The van der Waals surface area contributed by atoms with Crippen LogP contribution in [0.5, 0.6) is 0 Å². The molecule has 0 atom stereocenters. The van der Waals surface area contributed by atoms with Crippen LogP contribution in [-0.2, 0) is 0 Å². The molecule has 0 aliphatic carbocycles. The topological polar surface area (TPSA) is 34.9 Å². The monoisotopic (exact) mass is 234 g/mol. The fourth-order valence-electron chi connectivity index (χ4n) is 1.49. The number of hydrogen-bond donors (Lipinski definition) is 0. The fourth-order valence-corrected chi connectivity index (χ4v) is 1.79. The molecule has 0 amide bonds. The van der Waals surface area contributed by atoms with E-state index in [2.05, 4.69) is 5.10 Å². The van der Waals surface area contributed by atoms with Gasteiger partial charge in [-0.2, -0.15) is 5.10 Å². The molecule has 4 heteroatoms. The van der Waals surface area contributed by atoms with Gasteiger partial charge >= 0.3 is 0 Å². The molecule has 1 aromatic heterocycles. The highest BCUT2D eigenvalue weighted by molar-refractivity contribution is 6.34. The lowest BCUT2D eigenvalue weighted by Gasteiger charge is -2.04. The second kappa shape index (κ2) is 4.10. The van der Waals surface area contributed by atoms with Crippen molar-refractivity contribution in [2.24, 2.45) is 0 Å². The average molecular weight is 235 g/mol. The van der Waals surface area contributed by atoms with E-state index in [0.29, 0.717) is 10.6 Å². The van der Waals surface area contributed by atoms with Crippen LogP contribution in [0.25, 0.3) is 5.69 Å². The summed E-state index contributed by atoms with van der Waals surface area (Å²) in [7, 11) is 0. The molecule has 0 spiro atoms. The molecule has 1 aromatic carbocycles. The van der Waals surface area contributed by atoms with Crippen molar-refractivity contribution in [1.82, 2.24) is 9.78 Å². The summed E-state index contributed by atoms with van der Waals surface area (Å²) in [6.45, 7) is 3.47. The zero-order valence-corrected chi connectivity index (χ0v) is 9.82. The Labute approximate surface area is 98.7 Å². The summed E-state index contributed by atoms with van der Waals surface area (Å²) in [5.41, 5.74) is 2.46. The lowest BCUT2D eigenvalue weighted by atomic mass is 10.1. The minimum atomic E-state index is -0.0341. The van der Waals surface area contributed by atoms with Gasteiger partial charge in [0.2, 0.25) is 0 Å². The third-order valence-corrected chi connectivity index (χ3v) is 2.62. The summed E-state index contributed by atoms with van der Waals surface area (Å²) in [5, 5.41) is 4.63. The number of nitrogens with zero attached hydrogens (tertiary/aromatic N) is 2. The van der Waals surface area contributed by atoms with E-state index >= 15 is 0 Å². The number of rotatable bonds is 2. The lowest BCUT2D eigenvalue weighted by Crippen LogP contribution is -1.98. The molecule has 2 aromatic rings. The first-order valence-electron chi connectivity index (χ1n) is 4.90. The van der Waals surface area contributed by atoms with E-state index in [4.69, 9.17) is 11.6 Å². The Kier molecular flexibility index (Phi) is 2.79. The standard InChI is InChI=1S/C12H11ClN2O/c1-8-6-14-15(7-8)10-3-4-11(9(2)16)12(13)5-10/h3-7H,1-2H3. The second-order valence-corrected chi connectivity index (χ2v) is 4.09. The number of halogens is 1. The molecule has 0 bridgehead atoms. The van der Waals surface area contributed by atoms with Crippen LogP contribution in [0.3, 0.4) is 0 Å². The van der Waals surface area contributed by atoms with Gasteiger partial charge in [0.15, 0.2) is 5.78 Å². The van der Waals surface area contributed by atoms with E-state index in [0.717, 1.165) is 11.3 Å². The molecular formula is C12H11ClN2O. The summed E-state index contributed by atoms with van der Waals surface area (Å²) in [6, 6.07) is 5.29. The van der Waals surface area contributed by atoms with Gasteiger partial charge in [-0.1, -0.05) is 11.6 Å². The molecule has 2 rings (SSSR count). The largest absolute Gasteiger partial charge is 0.294 e. The van der Waals surface area contributed by atoms with Crippen LogP contribution in [0.2, 0.25) is 5.02 Å². The van der Waals surface area contributed by atoms with E-state index in [1.54, 1.807) is 23.0 Å². The van der Waals surface area contributed by atoms with E-state index in [9.17, 15) is 4.79 Å². The van der Waals surface area contributed by atoms with Crippen molar-refractivity contribution in [3.8, 4) is 5.69 Å². The quantitative estimate of drug-likeness (QED) is 0.749. The Morgan fingerprint density at radius 3 is 2.69 bits per heavy atom. The third-order valence-electron chi connectivity index (χ3n) is 2.31. The number of hydrogen-bond acceptors (Lipinski definition) is 2. The highest BCUT2D eigenvalue weighted by atomic mass is 35.5. The van der Waals surface area contributed by atoms with Crippen LogP contribution in [-0.4, -0.2) is 15.6 Å². The maximum Gasteiger partial charge on any atom is 0.161 e. The van der Waals surface area contributed by atoms with Gasteiger partial charge in [0, 0.05) is 11.8 Å². The first-order valence-corrected chi connectivity index (χ1v) is 5.28. The van der Waals surface area contributed by atoms with Crippen LogP contribution in [0.4, 0.5) is 0 Å². The van der Waals surface area contributed by atoms with E-state index in [-0.39, 0.29) is 5.78 Å². The van der Waals surface area contributed by atoms with Crippen LogP contribution >= 0.6 is 11.6 Å². The summed E-state index contributed by atoms with van der Waals surface area (Å²) in [5.74, 6) is -0.0341. The van der Waals surface area contributed by atoms with Crippen molar-refractivity contribution in [1.29, 1.82) is 0 Å². The number of Topliss-reactive ketones (excluding diaryl/α,β-unsaturated/α-hetero) is 1. The SMILES string of the molecule is CC(=O)c1ccc(-n2cc(C)cn2)cc1Cl. The number of ketones is 1. The number of aromatic nitrogens is 2. The number of benzene rings is 1. The minimum absolute atomic E-state index is 0.0341. The second-order valence-electron chi connectivity index (χ2n) is 3.68. The molecule has 0 aliphatic heterocycles. The van der Waals surface area contributed by atoms with Crippen molar-refractivity contribution in [3.63, 3.8) is 0 Å². The van der Waals surface area contributed by atoms with Crippen LogP contribution in [0.15, 0.2) is 30.6 Å². The summed E-state index contributed by atoms with van der Waals surface area (Å²) >= 11 is 6.02. The van der Waals surface area contributed by atoms with E-state index < -0.39 is 0 Å². The highest BCUT2D eigenvalue weighted by Gasteiger charge is 2.07. The molecule has 0 fully saturated rings. The fraction of sp³-hybridized carbons (Fsp3) is 0.167. The Balaban J connectivity index is 2.45. The first kappa shape index (κ1) is 10.9. The number of carbonyl (C=O) groups excluding carboxylic acids is 1. The summed E-state index contributed by atoms with van der Waals surface area (Å²) in [4.78, 5) is 11.2. The normalized spacial score (nSPS) is 10.4. The van der Waals surface area contributed by atoms with Gasteiger partial charge in [-0.05, 0) is 37.6 Å². The molecule has 82 valence electrons. The molecule has 3 nitrogen and oxygen atoms in total. The molecule has 0 saturated heterocycles. The van der Waals surface area contributed by atoms with Gasteiger partial charge in [0.05, 0.1) is 16.9 Å². The van der Waals surface area contributed by atoms with Gasteiger partial charge in [-0.15, -0.1) is 0 Å². The Hall–Kier alpha value is -1.61. The maximum absolute atomic E-state index is 11.2. The summed E-state index contributed by atoms with van der Waals surface area (Å²) in [6.07, 6.45) is 3.67. The van der Waals surface area contributed by atoms with E-state index in [1.807, 2.05) is 19.2 Å². The van der Waals surface area contributed by atoms with Crippen LogP contribution in [0.1, 0.15) is 22.8 Å². The van der Waals surface area contributed by atoms with Crippen molar-refractivity contribution < 1.29 is 4.79 Å². The Morgan fingerprint density at radius 1 is 1.44 bits per heavy atom.